The molecule has 0 aliphatic carbocycles. The van der Waals surface area contributed by atoms with Crippen LogP contribution in [0.4, 0.5) is 4.39 Å². The van der Waals surface area contributed by atoms with E-state index >= 15 is 0 Å². The van der Waals surface area contributed by atoms with Crippen LogP contribution in [-0.2, 0) is 0 Å². The van der Waals surface area contributed by atoms with Gasteiger partial charge in [-0.2, -0.15) is 4.39 Å². The predicted molar refractivity (Wildman–Crippen MR) is 53.5 cm³/mol. The number of rotatable bonds is 4. The van der Waals surface area contributed by atoms with E-state index < -0.39 is 11.9 Å². The van der Waals surface area contributed by atoms with Crippen molar-refractivity contribution >= 4 is 0 Å². The highest BCUT2D eigenvalue weighted by molar-refractivity contribution is 5.41. The molecule has 0 saturated heterocycles. The van der Waals surface area contributed by atoms with Crippen LogP contribution in [0.5, 0.6) is 11.5 Å². The molecule has 84 valence electrons. The first-order chi connectivity index (χ1) is 7.13. The van der Waals surface area contributed by atoms with E-state index in [1.54, 1.807) is 0 Å². The number of benzene rings is 1. The molecule has 0 heterocycles. The molecule has 0 aliphatic rings. The van der Waals surface area contributed by atoms with Crippen molar-refractivity contribution in [3.63, 3.8) is 0 Å². The Morgan fingerprint density at radius 3 is 2.13 bits per heavy atom. The van der Waals surface area contributed by atoms with Gasteiger partial charge in [-0.3, -0.25) is 0 Å². The SMILES string of the molecule is COc1cc(C(O)CN)cc(OC)c1F. The molecule has 1 unspecified atom stereocenters. The Kier molecular flexibility index (Phi) is 3.88. The van der Waals surface area contributed by atoms with Gasteiger partial charge in [0.15, 0.2) is 11.5 Å². The van der Waals surface area contributed by atoms with Crippen molar-refractivity contribution in [2.24, 2.45) is 5.73 Å². The molecule has 5 heteroatoms. The van der Waals surface area contributed by atoms with Crippen LogP contribution in [0.3, 0.4) is 0 Å². The second-order valence-electron chi connectivity index (χ2n) is 2.99. The number of aliphatic hydroxyl groups excluding tert-OH is 1. The summed E-state index contributed by atoms with van der Waals surface area (Å²) in [6.45, 7) is 0.0535. The molecule has 3 N–H and O–H groups in total. The third-order valence-corrected chi connectivity index (χ3v) is 2.08. The quantitative estimate of drug-likeness (QED) is 0.781. The van der Waals surface area contributed by atoms with Crippen LogP contribution in [0.15, 0.2) is 12.1 Å². The Labute approximate surface area is 87.4 Å². The van der Waals surface area contributed by atoms with Crippen molar-refractivity contribution in [1.82, 2.24) is 0 Å². The van der Waals surface area contributed by atoms with Gasteiger partial charge in [0, 0.05) is 6.54 Å². The summed E-state index contributed by atoms with van der Waals surface area (Å²) in [4.78, 5) is 0. The maximum Gasteiger partial charge on any atom is 0.206 e. The summed E-state index contributed by atoms with van der Waals surface area (Å²) in [5.41, 5.74) is 5.77. The maximum atomic E-state index is 13.5. The lowest BCUT2D eigenvalue weighted by molar-refractivity contribution is 0.185. The minimum atomic E-state index is -0.853. The van der Waals surface area contributed by atoms with Gasteiger partial charge in [0.05, 0.1) is 20.3 Å². The first-order valence-electron chi connectivity index (χ1n) is 4.43. The highest BCUT2D eigenvalue weighted by atomic mass is 19.1. The third kappa shape index (κ3) is 2.37. The minimum Gasteiger partial charge on any atom is -0.494 e. The Morgan fingerprint density at radius 2 is 1.80 bits per heavy atom. The van der Waals surface area contributed by atoms with Crippen LogP contribution in [0.25, 0.3) is 0 Å². The zero-order chi connectivity index (χ0) is 11.4. The molecule has 0 amide bonds. The molecule has 1 aromatic carbocycles. The molecular weight excluding hydrogens is 201 g/mol. The van der Waals surface area contributed by atoms with Crippen molar-refractivity contribution in [2.75, 3.05) is 20.8 Å². The van der Waals surface area contributed by atoms with Gasteiger partial charge >= 0.3 is 0 Å². The molecule has 15 heavy (non-hydrogen) atoms. The topological polar surface area (TPSA) is 64.7 Å². The van der Waals surface area contributed by atoms with E-state index in [2.05, 4.69) is 0 Å². The van der Waals surface area contributed by atoms with Crippen LogP contribution in [0.2, 0.25) is 0 Å². The Balaban J connectivity index is 3.20. The van der Waals surface area contributed by atoms with E-state index in [0.717, 1.165) is 0 Å². The zero-order valence-corrected chi connectivity index (χ0v) is 8.66. The Bertz CT molecular complexity index is 318. The van der Waals surface area contributed by atoms with E-state index in [9.17, 15) is 9.50 Å². The zero-order valence-electron chi connectivity index (χ0n) is 8.66. The van der Waals surface area contributed by atoms with Crippen LogP contribution in [0.1, 0.15) is 11.7 Å². The highest BCUT2D eigenvalue weighted by Crippen LogP contribution is 2.30. The van der Waals surface area contributed by atoms with Gasteiger partial charge in [-0.1, -0.05) is 0 Å². The number of aliphatic hydroxyl groups is 1. The summed E-state index contributed by atoms with van der Waals surface area (Å²) >= 11 is 0. The van der Waals surface area contributed by atoms with Crippen molar-refractivity contribution in [1.29, 1.82) is 0 Å². The van der Waals surface area contributed by atoms with Gasteiger partial charge < -0.3 is 20.3 Å². The first kappa shape index (κ1) is 11.7. The average Bonchev–Trinajstić information content (AvgIpc) is 2.28. The smallest absolute Gasteiger partial charge is 0.206 e. The third-order valence-electron chi connectivity index (χ3n) is 2.08. The molecule has 0 aliphatic heterocycles. The molecule has 0 bridgehead atoms. The summed E-state index contributed by atoms with van der Waals surface area (Å²) in [7, 11) is 2.69. The summed E-state index contributed by atoms with van der Waals surface area (Å²) in [5.74, 6) is -0.540. The molecule has 1 rings (SSSR count). The van der Waals surface area contributed by atoms with E-state index in [0.29, 0.717) is 5.56 Å². The summed E-state index contributed by atoms with van der Waals surface area (Å²) in [5, 5.41) is 9.50. The lowest BCUT2D eigenvalue weighted by atomic mass is 10.1. The van der Waals surface area contributed by atoms with Gasteiger partial charge in [-0.15, -0.1) is 0 Å². The molecular formula is C10H14FNO3. The van der Waals surface area contributed by atoms with Gasteiger partial charge in [-0.25, -0.2) is 0 Å². The molecule has 0 aromatic heterocycles. The fraction of sp³-hybridized carbons (Fsp3) is 0.400. The number of hydrogen-bond donors (Lipinski definition) is 2. The van der Waals surface area contributed by atoms with Crippen LogP contribution >= 0.6 is 0 Å². The van der Waals surface area contributed by atoms with Gasteiger partial charge in [0.25, 0.3) is 0 Å². The van der Waals surface area contributed by atoms with Gasteiger partial charge in [0.2, 0.25) is 5.82 Å². The van der Waals surface area contributed by atoms with Crippen LogP contribution in [0, 0.1) is 5.82 Å². The lowest BCUT2D eigenvalue weighted by Gasteiger charge is -2.13. The van der Waals surface area contributed by atoms with E-state index in [-0.39, 0.29) is 18.0 Å². The summed E-state index contributed by atoms with van der Waals surface area (Å²) in [6.07, 6.45) is -0.853. The fourth-order valence-electron chi connectivity index (χ4n) is 1.22. The van der Waals surface area contributed by atoms with E-state index in [4.69, 9.17) is 15.2 Å². The standard InChI is InChI=1S/C10H14FNO3/c1-14-8-3-6(7(13)5-12)4-9(15-2)10(8)11/h3-4,7,13H,5,12H2,1-2H3. The number of methoxy groups -OCH3 is 2. The molecule has 0 radical (unpaired) electrons. The van der Waals surface area contributed by atoms with Crippen LogP contribution in [-0.4, -0.2) is 25.9 Å². The second-order valence-corrected chi connectivity index (χ2v) is 2.99. The number of hydrogen-bond acceptors (Lipinski definition) is 4. The summed E-state index contributed by atoms with van der Waals surface area (Å²) < 4.78 is 23.1. The first-order valence-corrected chi connectivity index (χ1v) is 4.43. The largest absolute Gasteiger partial charge is 0.494 e. The lowest BCUT2D eigenvalue weighted by Crippen LogP contribution is -2.12. The summed E-state index contributed by atoms with van der Waals surface area (Å²) in [6, 6.07) is 2.80. The van der Waals surface area contributed by atoms with Crippen LogP contribution < -0.4 is 15.2 Å². The van der Waals surface area contributed by atoms with Crippen molar-refractivity contribution in [2.45, 2.75) is 6.10 Å². The molecule has 1 aromatic rings. The molecule has 0 fully saturated rings. The maximum absolute atomic E-state index is 13.5. The Hall–Kier alpha value is -1.33. The monoisotopic (exact) mass is 215 g/mol. The molecule has 4 nitrogen and oxygen atoms in total. The Morgan fingerprint density at radius 1 is 1.33 bits per heavy atom. The highest BCUT2D eigenvalue weighted by Gasteiger charge is 2.15. The number of nitrogens with two attached hydrogens (primary N) is 1. The second kappa shape index (κ2) is 4.95. The van der Waals surface area contributed by atoms with E-state index in [1.807, 2.05) is 0 Å². The predicted octanol–water partition coefficient (Wildman–Crippen LogP) is 0.835. The normalized spacial score (nSPS) is 12.3. The average molecular weight is 215 g/mol. The number of ether oxygens (including phenoxy) is 2. The number of halogens is 1. The van der Waals surface area contributed by atoms with Crippen molar-refractivity contribution < 1.29 is 19.0 Å². The van der Waals surface area contributed by atoms with Gasteiger partial charge in [-0.05, 0) is 17.7 Å². The molecule has 0 spiro atoms. The van der Waals surface area contributed by atoms with Gasteiger partial charge in [0.1, 0.15) is 0 Å². The minimum absolute atomic E-state index is 0.0249. The molecule has 0 saturated carbocycles. The van der Waals surface area contributed by atoms with Crippen molar-refractivity contribution in [3.05, 3.63) is 23.5 Å². The van der Waals surface area contributed by atoms with E-state index in [1.165, 1.54) is 26.4 Å². The fourth-order valence-corrected chi connectivity index (χ4v) is 1.22. The van der Waals surface area contributed by atoms with Crippen molar-refractivity contribution in [3.8, 4) is 11.5 Å². The molecule has 1 atom stereocenters.